The molecular formula is C13H14N2O3. The topological polar surface area (TPSA) is 54.6 Å². The average molecular weight is 246 g/mol. The first kappa shape index (κ1) is 11.3. The van der Waals surface area contributed by atoms with Crippen LogP contribution in [-0.4, -0.2) is 43.5 Å². The molecule has 3 heterocycles. The zero-order valence-electron chi connectivity index (χ0n) is 9.94. The fourth-order valence-electron chi connectivity index (χ4n) is 2.34. The van der Waals surface area contributed by atoms with E-state index in [1.807, 2.05) is 4.90 Å². The van der Waals surface area contributed by atoms with Crippen LogP contribution in [0, 0.1) is 12.3 Å². The highest BCUT2D eigenvalue weighted by Crippen LogP contribution is 2.28. The van der Waals surface area contributed by atoms with Gasteiger partial charge in [-0.25, -0.2) is 0 Å². The van der Waals surface area contributed by atoms with Gasteiger partial charge in [-0.3, -0.25) is 4.79 Å². The maximum Gasteiger partial charge on any atom is 0.271 e. The fraction of sp³-hybridized carbons (Fsp3) is 0.462. The smallest absolute Gasteiger partial charge is 0.271 e. The number of ether oxygens (including phenoxy) is 2. The highest BCUT2D eigenvalue weighted by Gasteiger charge is 2.44. The maximum atomic E-state index is 11.9. The van der Waals surface area contributed by atoms with Crippen LogP contribution in [0.5, 0.6) is 0 Å². The molecule has 1 N–H and O–H groups in total. The monoisotopic (exact) mass is 246 g/mol. The molecule has 0 bridgehead atoms. The number of H-pyrrole nitrogens is 1. The zero-order valence-corrected chi connectivity index (χ0v) is 9.94. The second-order valence-corrected chi connectivity index (χ2v) is 4.69. The van der Waals surface area contributed by atoms with Crippen LogP contribution in [0.1, 0.15) is 5.56 Å². The molecule has 2 saturated heterocycles. The van der Waals surface area contributed by atoms with E-state index in [1.54, 1.807) is 12.3 Å². The Bertz CT molecular complexity index is 554. The van der Waals surface area contributed by atoms with E-state index >= 15 is 0 Å². The van der Waals surface area contributed by atoms with E-state index in [9.17, 15) is 4.79 Å². The third-order valence-electron chi connectivity index (χ3n) is 3.37. The molecule has 0 unspecified atom stereocenters. The Morgan fingerprint density at radius 2 is 2.33 bits per heavy atom. The standard InChI is InChI=1S/C13H14N2O3/c1-2-10-5-11(12(16)14-6-10)15-3-4-18-13(7-15)8-17-9-13/h1,5-6H,3-4,7-9H2,(H,14,16). The molecule has 5 heteroatoms. The molecule has 0 radical (unpaired) electrons. The van der Waals surface area contributed by atoms with Crippen LogP contribution >= 0.6 is 0 Å². The molecule has 5 nitrogen and oxygen atoms in total. The lowest BCUT2D eigenvalue weighted by Gasteiger charge is -2.48. The molecule has 94 valence electrons. The van der Waals surface area contributed by atoms with Gasteiger partial charge in [-0.2, -0.15) is 0 Å². The number of terminal acetylenes is 1. The lowest BCUT2D eigenvalue weighted by atomic mass is 9.99. The maximum absolute atomic E-state index is 11.9. The molecule has 0 atom stereocenters. The minimum atomic E-state index is -0.239. The lowest BCUT2D eigenvalue weighted by molar-refractivity contribution is -0.211. The first-order valence-corrected chi connectivity index (χ1v) is 5.88. The van der Waals surface area contributed by atoms with Crippen LogP contribution in [0.3, 0.4) is 0 Å². The summed E-state index contributed by atoms with van der Waals surface area (Å²) in [6.45, 7) is 3.15. The predicted octanol–water partition coefficient (Wildman–Crippen LogP) is -0.0382. The molecule has 2 aliphatic rings. The van der Waals surface area contributed by atoms with Gasteiger partial charge in [0.2, 0.25) is 0 Å². The van der Waals surface area contributed by atoms with E-state index < -0.39 is 0 Å². The first-order valence-electron chi connectivity index (χ1n) is 5.88. The SMILES string of the molecule is C#Cc1c[nH]c(=O)c(N2CCOC3(COC3)C2)c1. The van der Waals surface area contributed by atoms with E-state index in [0.29, 0.717) is 44.2 Å². The first-order chi connectivity index (χ1) is 8.72. The van der Waals surface area contributed by atoms with Crippen LogP contribution in [0.15, 0.2) is 17.1 Å². The summed E-state index contributed by atoms with van der Waals surface area (Å²) in [6, 6.07) is 1.75. The quantitative estimate of drug-likeness (QED) is 0.707. The van der Waals surface area contributed by atoms with Crippen molar-refractivity contribution in [1.82, 2.24) is 4.98 Å². The highest BCUT2D eigenvalue weighted by molar-refractivity contribution is 5.50. The lowest BCUT2D eigenvalue weighted by Crippen LogP contribution is -2.63. The highest BCUT2D eigenvalue weighted by atomic mass is 16.6. The third kappa shape index (κ3) is 1.80. The molecule has 0 amide bonds. The van der Waals surface area contributed by atoms with Gasteiger partial charge < -0.3 is 19.4 Å². The number of hydrogen-bond acceptors (Lipinski definition) is 4. The Labute approximate surface area is 105 Å². The summed E-state index contributed by atoms with van der Waals surface area (Å²) < 4.78 is 10.9. The summed E-state index contributed by atoms with van der Waals surface area (Å²) in [6.07, 6.45) is 6.90. The number of pyridine rings is 1. The summed E-state index contributed by atoms with van der Waals surface area (Å²) in [5.41, 5.74) is 0.929. The largest absolute Gasteiger partial charge is 0.375 e. The van der Waals surface area contributed by atoms with Gasteiger partial charge in [-0.15, -0.1) is 6.42 Å². The Balaban J connectivity index is 1.90. The number of anilines is 1. The van der Waals surface area contributed by atoms with Crippen molar-refractivity contribution in [1.29, 1.82) is 0 Å². The number of nitrogens with zero attached hydrogens (tertiary/aromatic N) is 1. The molecule has 1 spiro atoms. The van der Waals surface area contributed by atoms with Gasteiger partial charge in [0, 0.05) is 18.3 Å². The van der Waals surface area contributed by atoms with Crippen molar-refractivity contribution in [2.75, 3.05) is 37.8 Å². The summed E-state index contributed by atoms with van der Waals surface area (Å²) in [7, 11) is 0. The van der Waals surface area contributed by atoms with Crippen molar-refractivity contribution in [2.45, 2.75) is 5.60 Å². The zero-order chi connectivity index (χ0) is 12.6. The van der Waals surface area contributed by atoms with Gasteiger partial charge in [0.1, 0.15) is 11.3 Å². The Hall–Kier alpha value is -1.77. The van der Waals surface area contributed by atoms with Crippen LogP contribution in [0.2, 0.25) is 0 Å². The van der Waals surface area contributed by atoms with Gasteiger partial charge in [-0.05, 0) is 6.07 Å². The number of morpholine rings is 1. The molecule has 18 heavy (non-hydrogen) atoms. The van der Waals surface area contributed by atoms with Gasteiger partial charge in [0.05, 0.1) is 26.4 Å². The average Bonchev–Trinajstić information content (AvgIpc) is 2.38. The molecule has 2 aliphatic heterocycles. The van der Waals surface area contributed by atoms with Crippen LogP contribution < -0.4 is 10.5 Å². The van der Waals surface area contributed by atoms with Crippen molar-refractivity contribution in [3.05, 3.63) is 28.2 Å². The van der Waals surface area contributed by atoms with Crippen LogP contribution in [0.4, 0.5) is 5.69 Å². The minimum Gasteiger partial charge on any atom is -0.375 e. The molecule has 0 aliphatic carbocycles. The summed E-state index contributed by atoms with van der Waals surface area (Å²) in [5, 5.41) is 0. The van der Waals surface area contributed by atoms with Gasteiger partial charge >= 0.3 is 0 Å². The Morgan fingerprint density at radius 1 is 1.50 bits per heavy atom. The molecule has 1 aromatic heterocycles. The van der Waals surface area contributed by atoms with E-state index in [2.05, 4.69) is 10.9 Å². The Kier molecular flexibility index (Phi) is 2.62. The van der Waals surface area contributed by atoms with Crippen molar-refractivity contribution in [2.24, 2.45) is 0 Å². The Morgan fingerprint density at radius 3 is 3.00 bits per heavy atom. The number of aromatic amines is 1. The van der Waals surface area contributed by atoms with Crippen LogP contribution in [-0.2, 0) is 9.47 Å². The number of rotatable bonds is 1. The predicted molar refractivity (Wildman–Crippen MR) is 66.7 cm³/mol. The summed E-state index contributed by atoms with van der Waals surface area (Å²) >= 11 is 0. The van der Waals surface area contributed by atoms with Crippen molar-refractivity contribution >= 4 is 5.69 Å². The molecule has 3 rings (SSSR count). The molecule has 0 aromatic carbocycles. The van der Waals surface area contributed by atoms with Crippen molar-refractivity contribution in [3.8, 4) is 12.3 Å². The van der Waals surface area contributed by atoms with E-state index in [-0.39, 0.29) is 11.2 Å². The third-order valence-corrected chi connectivity index (χ3v) is 3.37. The molecule has 2 fully saturated rings. The van der Waals surface area contributed by atoms with Gasteiger partial charge in [-0.1, -0.05) is 5.92 Å². The normalized spacial score (nSPS) is 21.4. The minimum absolute atomic E-state index is 0.119. The van der Waals surface area contributed by atoms with Crippen LogP contribution in [0.25, 0.3) is 0 Å². The van der Waals surface area contributed by atoms with E-state index in [4.69, 9.17) is 15.9 Å². The molecule has 0 saturated carbocycles. The number of aromatic nitrogens is 1. The van der Waals surface area contributed by atoms with Crippen molar-refractivity contribution in [3.63, 3.8) is 0 Å². The van der Waals surface area contributed by atoms with Gasteiger partial charge in [0.25, 0.3) is 5.56 Å². The second kappa shape index (κ2) is 4.16. The van der Waals surface area contributed by atoms with E-state index in [1.165, 1.54) is 0 Å². The summed E-state index contributed by atoms with van der Waals surface area (Å²) in [5.74, 6) is 2.53. The van der Waals surface area contributed by atoms with Gasteiger partial charge in [0.15, 0.2) is 0 Å². The van der Waals surface area contributed by atoms with Crippen molar-refractivity contribution < 1.29 is 9.47 Å². The van der Waals surface area contributed by atoms with E-state index in [0.717, 1.165) is 0 Å². The number of nitrogens with one attached hydrogen (secondary N) is 1. The number of hydrogen-bond donors (Lipinski definition) is 1. The summed E-state index contributed by atoms with van der Waals surface area (Å²) in [4.78, 5) is 16.6. The molecular weight excluding hydrogens is 232 g/mol. The fourth-order valence-corrected chi connectivity index (χ4v) is 2.34. The molecule has 1 aromatic rings. The second-order valence-electron chi connectivity index (χ2n) is 4.69.